The highest BCUT2D eigenvalue weighted by Gasteiger charge is 2.40. The summed E-state index contributed by atoms with van der Waals surface area (Å²) in [5, 5.41) is 11.2. The maximum absolute atomic E-state index is 13.5. The Hall–Kier alpha value is -3.73. The van der Waals surface area contributed by atoms with Gasteiger partial charge in [-0.2, -0.15) is 0 Å². The molecule has 3 atom stereocenters. The molecule has 4 aromatic rings. The van der Waals surface area contributed by atoms with Crippen LogP contribution in [0.5, 0.6) is 0 Å². The van der Waals surface area contributed by atoms with Crippen molar-refractivity contribution >= 4 is 51.9 Å². The van der Waals surface area contributed by atoms with Crippen LogP contribution in [0.2, 0.25) is 10.0 Å². The summed E-state index contributed by atoms with van der Waals surface area (Å²) in [6, 6.07) is 29.3. The van der Waals surface area contributed by atoms with Gasteiger partial charge in [-0.15, -0.1) is 0 Å². The summed E-state index contributed by atoms with van der Waals surface area (Å²) in [6.07, 6.45) is 5.40. The minimum absolute atomic E-state index is 0.0593. The van der Waals surface area contributed by atoms with E-state index >= 15 is 0 Å². The number of fused-ring (bicyclic) bond motifs is 3. The van der Waals surface area contributed by atoms with E-state index in [1.165, 1.54) is 0 Å². The number of carbonyl (C=O) groups excluding carboxylic acids is 1. The van der Waals surface area contributed by atoms with E-state index in [1.807, 2.05) is 78.9 Å². The Morgan fingerprint density at radius 2 is 1.49 bits per heavy atom. The van der Waals surface area contributed by atoms with E-state index in [9.17, 15) is 4.79 Å². The number of allylic oxidation sites excluding steroid dienone is 2. The van der Waals surface area contributed by atoms with E-state index in [0.717, 1.165) is 40.3 Å². The summed E-state index contributed by atoms with van der Waals surface area (Å²) >= 11 is 13.0. The molecule has 0 aromatic heterocycles. The maximum atomic E-state index is 13.5. The van der Waals surface area contributed by atoms with Crippen molar-refractivity contribution in [1.82, 2.24) is 0 Å². The van der Waals surface area contributed by atoms with Crippen LogP contribution in [0.25, 0.3) is 0 Å². The Bertz CT molecular complexity index is 1480. The lowest BCUT2D eigenvalue weighted by Gasteiger charge is -2.38. The molecule has 1 aliphatic carbocycles. The molecule has 0 bridgehead atoms. The second kappa shape index (κ2) is 9.97. The molecule has 2 aliphatic rings. The fraction of sp³-hybridized carbons (Fsp3) is 0.129. The number of para-hydroxylation sites is 2. The van der Waals surface area contributed by atoms with Crippen molar-refractivity contribution in [2.45, 2.75) is 18.4 Å². The van der Waals surface area contributed by atoms with Crippen molar-refractivity contribution < 1.29 is 4.79 Å². The molecule has 1 aliphatic heterocycles. The van der Waals surface area contributed by atoms with Crippen LogP contribution in [0.1, 0.15) is 39.9 Å². The molecule has 4 aromatic carbocycles. The van der Waals surface area contributed by atoms with E-state index in [0.29, 0.717) is 21.5 Å². The topological polar surface area (TPSA) is 53.2 Å². The average Bonchev–Trinajstić information content (AvgIpc) is 3.42. The van der Waals surface area contributed by atoms with Crippen LogP contribution in [0.3, 0.4) is 0 Å². The van der Waals surface area contributed by atoms with Crippen LogP contribution < -0.4 is 16.0 Å². The normalized spacial score (nSPS) is 19.5. The smallest absolute Gasteiger partial charge is 0.257 e. The summed E-state index contributed by atoms with van der Waals surface area (Å²) in [7, 11) is 0. The molecule has 1 amide bonds. The summed E-state index contributed by atoms with van der Waals surface area (Å²) in [5.74, 6) is 0.336. The van der Waals surface area contributed by atoms with E-state index in [2.05, 4.69) is 34.2 Å². The first-order chi connectivity index (χ1) is 18.1. The Morgan fingerprint density at radius 3 is 2.30 bits per heavy atom. The number of hydrogen-bond acceptors (Lipinski definition) is 3. The van der Waals surface area contributed by atoms with Crippen LogP contribution in [-0.2, 0) is 0 Å². The molecule has 3 unspecified atom stereocenters. The van der Waals surface area contributed by atoms with Crippen molar-refractivity contribution in [3.63, 3.8) is 0 Å². The molecular formula is C31H25Cl2N3O. The van der Waals surface area contributed by atoms with E-state index in [-0.39, 0.29) is 17.9 Å². The fourth-order valence-corrected chi connectivity index (χ4v) is 5.83. The van der Waals surface area contributed by atoms with Crippen molar-refractivity contribution in [2.24, 2.45) is 5.92 Å². The van der Waals surface area contributed by atoms with Crippen LogP contribution in [0.4, 0.5) is 22.7 Å². The molecule has 0 saturated carbocycles. The molecule has 6 rings (SSSR count). The molecule has 4 nitrogen and oxygen atoms in total. The molecule has 6 heteroatoms. The van der Waals surface area contributed by atoms with Gasteiger partial charge in [-0.25, -0.2) is 0 Å². The Morgan fingerprint density at radius 1 is 0.784 bits per heavy atom. The fourth-order valence-electron chi connectivity index (χ4n) is 5.40. The lowest BCUT2D eigenvalue weighted by atomic mass is 9.76. The van der Waals surface area contributed by atoms with Crippen molar-refractivity contribution in [1.29, 1.82) is 0 Å². The number of amides is 1. The number of hydrogen-bond donors (Lipinski definition) is 3. The molecule has 184 valence electrons. The van der Waals surface area contributed by atoms with Gasteiger partial charge in [0, 0.05) is 23.0 Å². The summed E-state index contributed by atoms with van der Waals surface area (Å²) in [4.78, 5) is 13.5. The highest BCUT2D eigenvalue weighted by molar-refractivity contribution is 6.42. The van der Waals surface area contributed by atoms with Gasteiger partial charge in [0.15, 0.2) is 0 Å². The quantitative estimate of drug-likeness (QED) is 0.228. The van der Waals surface area contributed by atoms with Crippen molar-refractivity contribution in [3.8, 4) is 0 Å². The van der Waals surface area contributed by atoms with E-state index in [1.54, 1.807) is 6.07 Å². The predicted molar refractivity (Wildman–Crippen MR) is 153 cm³/mol. The highest BCUT2D eigenvalue weighted by Crippen LogP contribution is 2.52. The SMILES string of the molecule is O=C(Nc1ccc(Nc2ccccc2)cc1)c1cccc2c1NC(c1cccc(Cl)c1Cl)C1CC=CC21. The third-order valence-electron chi connectivity index (χ3n) is 7.16. The monoisotopic (exact) mass is 525 g/mol. The van der Waals surface area contributed by atoms with Crippen LogP contribution >= 0.6 is 23.2 Å². The van der Waals surface area contributed by atoms with Crippen molar-refractivity contribution in [2.75, 3.05) is 16.0 Å². The summed E-state index contributed by atoms with van der Waals surface area (Å²) in [6.45, 7) is 0. The molecule has 0 spiro atoms. The zero-order valence-corrected chi connectivity index (χ0v) is 21.4. The summed E-state index contributed by atoms with van der Waals surface area (Å²) in [5.41, 5.74) is 6.21. The van der Waals surface area contributed by atoms with Gasteiger partial charge in [0.25, 0.3) is 5.91 Å². The predicted octanol–water partition coefficient (Wildman–Crippen LogP) is 8.82. The van der Waals surface area contributed by atoms with E-state index in [4.69, 9.17) is 23.2 Å². The first-order valence-corrected chi connectivity index (χ1v) is 13.1. The molecule has 1 heterocycles. The lowest BCUT2D eigenvalue weighted by Crippen LogP contribution is -2.31. The molecule has 0 saturated heterocycles. The zero-order valence-electron chi connectivity index (χ0n) is 19.9. The number of halogens is 2. The molecular weight excluding hydrogens is 501 g/mol. The van der Waals surface area contributed by atoms with Gasteiger partial charge in [-0.05, 0) is 72.0 Å². The standard InChI is InChI=1S/C31H25Cl2N3O/c32-27-14-6-12-25(28(27)33)29-23-10-4-9-22(23)24-11-5-13-26(30(24)36-29)31(37)35-21-17-15-20(16-18-21)34-19-7-2-1-3-8-19/h1-9,11-18,22-23,29,34,36H,10H2,(H,35,37). The largest absolute Gasteiger partial charge is 0.377 e. The average molecular weight is 526 g/mol. The van der Waals surface area contributed by atoms with Gasteiger partial charge in [-0.3, -0.25) is 4.79 Å². The highest BCUT2D eigenvalue weighted by atomic mass is 35.5. The Balaban J connectivity index is 1.27. The Labute approximate surface area is 226 Å². The van der Waals surface area contributed by atoms with Crippen LogP contribution in [0, 0.1) is 5.92 Å². The lowest BCUT2D eigenvalue weighted by molar-refractivity contribution is 0.102. The van der Waals surface area contributed by atoms with E-state index < -0.39 is 0 Å². The van der Waals surface area contributed by atoms with Gasteiger partial charge < -0.3 is 16.0 Å². The number of rotatable bonds is 5. The number of carbonyl (C=O) groups is 1. The minimum atomic E-state index is -0.163. The third-order valence-corrected chi connectivity index (χ3v) is 8.00. The van der Waals surface area contributed by atoms with Gasteiger partial charge in [0.1, 0.15) is 0 Å². The van der Waals surface area contributed by atoms with Gasteiger partial charge in [-0.1, -0.05) is 77.8 Å². The second-order valence-corrected chi connectivity index (χ2v) is 10.2. The summed E-state index contributed by atoms with van der Waals surface area (Å²) < 4.78 is 0. The molecule has 37 heavy (non-hydrogen) atoms. The van der Waals surface area contributed by atoms with Gasteiger partial charge >= 0.3 is 0 Å². The van der Waals surface area contributed by atoms with Crippen molar-refractivity contribution in [3.05, 3.63) is 130 Å². The first-order valence-electron chi connectivity index (χ1n) is 12.3. The third kappa shape index (κ3) is 4.59. The minimum Gasteiger partial charge on any atom is -0.377 e. The van der Waals surface area contributed by atoms with Gasteiger partial charge in [0.2, 0.25) is 0 Å². The number of anilines is 4. The number of nitrogens with one attached hydrogen (secondary N) is 3. The Kier molecular flexibility index (Phi) is 6.37. The molecule has 3 N–H and O–H groups in total. The second-order valence-electron chi connectivity index (χ2n) is 9.41. The zero-order chi connectivity index (χ0) is 25.4. The van der Waals surface area contributed by atoms with Gasteiger partial charge in [0.05, 0.1) is 27.3 Å². The molecule has 0 radical (unpaired) electrons. The van der Waals surface area contributed by atoms with Crippen LogP contribution in [0.15, 0.2) is 103 Å². The molecule has 0 fully saturated rings. The number of benzene rings is 4. The van der Waals surface area contributed by atoms with Crippen LogP contribution in [-0.4, -0.2) is 5.91 Å². The first kappa shape index (κ1) is 23.7. The maximum Gasteiger partial charge on any atom is 0.257 e.